The van der Waals surface area contributed by atoms with Crippen molar-refractivity contribution in [1.82, 2.24) is 19.5 Å². The Kier molecular flexibility index (Phi) is 4.92. The van der Waals surface area contributed by atoms with Gasteiger partial charge >= 0.3 is 0 Å². The van der Waals surface area contributed by atoms with Gasteiger partial charge in [0.2, 0.25) is 0 Å². The maximum atomic E-state index is 5.48. The summed E-state index contributed by atoms with van der Waals surface area (Å²) in [6.07, 6.45) is 5.94. The molecule has 0 atom stereocenters. The molecule has 6 heteroatoms. The van der Waals surface area contributed by atoms with Gasteiger partial charge in [0.15, 0.2) is 0 Å². The van der Waals surface area contributed by atoms with Crippen molar-refractivity contribution < 1.29 is 4.74 Å². The van der Waals surface area contributed by atoms with E-state index in [9.17, 15) is 0 Å². The number of pyridine rings is 1. The molecular weight excluding hydrogens is 422 g/mol. The van der Waals surface area contributed by atoms with Crippen LogP contribution in [0.2, 0.25) is 0 Å². The number of H-pyrrole nitrogens is 1. The molecule has 1 fully saturated rings. The zero-order chi connectivity index (χ0) is 23.3. The number of hydrogen-bond donors (Lipinski definition) is 1. The van der Waals surface area contributed by atoms with Gasteiger partial charge in [0.1, 0.15) is 5.65 Å². The SMILES string of the molecule is CC(C)(C)n1cnc2ccc(-c3c[nH]c4ncc(-c5ccc(N6CCOCC6)cc5)cc34)cc21. The second-order valence-corrected chi connectivity index (χ2v) is 9.96. The summed E-state index contributed by atoms with van der Waals surface area (Å²) in [4.78, 5) is 15.0. The summed E-state index contributed by atoms with van der Waals surface area (Å²) in [5, 5.41) is 1.12. The number of nitrogens with zero attached hydrogens (tertiary/aromatic N) is 4. The van der Waals surface area contributed by atoms with Crippen LogP contribution in [-0.4, -0.2) is 45.8 Å². The number of aromatic amines is 1. The minimum atomic E-state index is -0.0320. The molecule has 0 amide bonds. The zero-order valence-electron chi connectivity index (χ0n) is 19.9. The molecule has 1 N–H and O–H groups in total. The van der Waals surface area contributed by atoms with E-state index in [0.717, 1.165) is 65.1 Å². The molecule has 2 aromatic carbocycles. The van der Waals surface area contributed by atoms with Gasteiger partial charge in [0.25, 0.3) is 0 Å². The van der Waals surface area contributed by atoms with Crippen molar-refractivity contribution in [3.05, 3.63) is 67.3 Å². The van der Waals surface area contributed by atoms with Gasteiger partial charge < -0.3 is 19.2 Å². The van der Waals surface area contributed by atoms with Crippen molar-refractivity contribution in [1.29, 1.82) is 0 Å². The third-order valence-corrected chi connectivity index (χ3v) is 6.69. The summed E-state index contributed by atoms with van der Waals surface area (Å²) in [7, 11) is 0. The van der Waals surface area contributed by atoms with Crippen molar-refractivity contribution in [2.45, 2.75) is 26.3 Å². The molecular formula is C28H29N5O. The van der Waals surface area contributed by atoms with Crippen molar-refractivity contribution >= 4 is 27.8 Å². The van der Waals surface area contributed by atoms with Crippen LogP contribution in [-0.2, 0) is 10.3 Å². The fourth-order valence-electron chi connectivity index (χ4n) is 4.80. The number of benzene rings is 2. The fourth-order valence-corrected chi connectivity index (χ4v) is 4.80. The van der Waals surface area contributed by atoms with Crippen molar-refractivity contribution in [3.63, 3.8) is 0 Å². The van der Waals surface area contributed by atoms with E-state index in [1.165, 1.54) is 11.3 Å². The molecule has 4 heterocycles. The molecule has 0 saturated carbocycles. The van der Waals surface area contributed by atoms with Gasteiger partial charge in [-0.05, 0) is 62.2 Å². The average molecular weight is 452 g/mol. The van der Waals surface area contributed by atoms with Crippen LogP contribution in [0.5, 0.6) is 0 Å². The number of imidazole rings is 1. The zero-order valence-corrected chi connectivity index (χ0v) is 19.9. The highest BCUT2D eigenvalue weighted by molar-refractivity contribution is 5.97. The van der Waals surface area contributed by atoms with Crippen molar-refractivity contribution in [3.8, 4) is 22.3 Å². The lowest BCUT2D eigenvalue weighted by atomic mass is 10.0. The van der Waals surface area contributed by atoms with E-state index in [-0.39, 0.29) is 5.54 Å². The summed E-state index contributed by atoms with van der Waals surface area (Å²) >= 11 is 0. The number of nitrogens with one attached hydrogen (secondary N) is 1. The first-order chi connectivity index (χ1) is 16.5. The number of aromatic nitrogens is 4. The second-order valence-electron chi connectivity index (χ2n) is 9.96. The lowest BCUT2D eigenvalue weighted by Crippen LogP contribution is -2.36. The van der Waals surface area contributed by atoms with Gasteiger partial charge in [-0.3, -0.25) is 0 Å². The van der Waals surface area contributed by atoms with E-state index in [0.29, 0.717) is 0 Å². The minimum absolute atomic E-state index is 0.0320. The Morgan fingerprint density at radius 1 is 0.882 bits per heavy atom. The summed E-state index contributed by atoms with van der Waals surface area (Å²) in [5.41, 5.74) is 8.85. The first kappa shape index (κ1) is 20.9. The summed E-state index contributed by atoms with van der Waals surface area (Å²) < 4.78 is 7.72. The van der Waals surface area contributed by atoms with Crippen molar-refractivity contribution in [2.24, 2.45) is 0 Å². The van der Waals surface area contributed by atoms with Crippen LogP contribution in [0, 0.1) is 0 Å². The second kappa shape index (κ2) is 7.99. The van der Waals surface area contributed by atoms with Crippen LogP contribution in [0.25, 0.3) is 44.3 Å². The lowest BCUT2D eigenvalue weighted by molar-refractivity contribution is 0.122. The van der Waals surface area contributed by atoms with Crippen LogP contribution < -0.4 is 4.90 Å². The molecule has 5 aromatic rings. The van der Waals surface area contributed by atoms with Crippen LogP contribution in [0.4, 0.5) is 5.69 Å². The number of hydrogen-bond acceptors (Lipinski definition) is 4. The summed E-state index contributed by atoms with van der Waals surface area (Å²) in [6.45, 7) is 10.1. The largest absolute Gasteiger partial charge is 0.378 e. The Morgan fingerprint density at radius 3 is 2.41 bits per heavy atom. The van der Waals surface area contributed by atoms with Crippen LogP contribution in [0.3, 0.4) is 0 Å². The number of anilines is 1. The Balaban J connectivity index is 1.38. The molecule has 0 radical (unpaired) electrons. The quantitative estimate of drug-likeness (QED) is 0.374. The van der Waals surface area contributed by atoms with E-state index < -0.39 is 0 Å². The van der Waals surface area contributed by atoms with E-state index in [2.05, 4.69) is 94.9 Å². The number of morpholine rings is 1. The standard InChI is InChI=1S/C28H29N5O/c1-28(2,3)33-18-31-25-9-6-20(15-26(25)33)24-17-30-27-23(24)14-21(16-29-27)19-4-7-22(8-5-19)32-10-12-34-13-11-32/h4-9,14-18H,10-13H2,1-3H3,(H,29,30). The molecule has 3 aromatic heterocycles. The highest BCUT2D eigenvalue weighted by Gasteiger charge is 2.17. The van der Waals surface area contributed by atoms with Gasteiger partial charge in [0.05, 0.1) is 30.6 Å². The Bertz CT molecular complexity index is 1470. The maximum Gasteiger partial charge on any atom is 0.137 e. The monoisotopic (exact) mass is 451 g/mol. The molecule has 1 aliphatic rings. The van der Waals surface area contributed by atoms with Gasteiger partial charge in [-0.1, -0.05) is 18.2 Å². The molecule has 0 bridgehead atoms. The molecule has 1 saturated heterocycles. The highest BCUT2D eigenvalue weighted by atomic mass is 16.5. The normalized spacial score (nSPS) is 14.9. The van der Waals surface area contributed by atoms with E-state index >= 15 is 0 Å². The fraction of sp³-hybridized carbons (Fsp3) is 0.286. The van der Waals surface area contributed by atoms with Gasteiger partial charge in [-0.2, -0.15) is 0 Å². The maximum absolute atomic E-state index is 5.48. The first-order valence-corrected chi connectivity index (χ1v) is 11.9. The van der Waals surface area contributed by atoms with Gasteiger partial charge in [-0.15, -0.1) is 0 Å². The molecule has 6 rings (SSSR count). The molecule has 0 spiro atoms. The van der Waals surface area contributed by atoms with E-state index in [1.54, 1.807) is 0 Å². The van der Waals surface area contributed by atoms with Crippen LogP contribution >= 0.6 is 0 Å². The Labute approximate surface area is 199 Å². The van der Waals surface area contributed by atoms with E-state index in [1.807, 2.05) is 12.5 Å². The molecule has 34 heavy (non-hydrogen) atoms. The van der Waals surface area contributed by atoms with Gasteiger partial charge in [-0.25, -0.2) is 9.97 Å². The molecule has 6 nitrogen and oxygen atoms in total. The topological polar surface area (TPSA) is 59.0 Å². The highest BCUT2D eigenvalue weighted by Crippen LogP contribution is 2.34. The third kappa shape index (κ3) is 3.64. The smallest absolute Gasteiger partial charge is 0.137 e. The Morgan fingerprint density at radius 2 is 1.65 bits per heavy atom. The van der Waals surface area contributed by atoms with Crippen LogP contribution in [0.15, 0.2) is 67.3 Å². The Hall–Kier alpha value is -3.64. The minimum Gasteiger partial charge on any atom is -0.378 e. The number of fused-ring (bicyclic) bond motifs is 2. The molecule has 0 unspecified atom stereocenters. The van der Waals surface area contributed by atoms with Crippen molar-refractivity contribution in [2.75, 3.05) is 31.2 Å². The summed E-state index contributed by atoms with van der Waals surface area (Å²) in [5.74, 6) is 0. The third-order valence-electron chi connectivity index (χ3n) is 6.69. The predicted molar refractivity (Wildman–Crippen MR) is 138 cm³/mol. The average Bonchev–Trinajstić information content (AvgIpc) is 3.48. The number of ether oxygens (including phenoxy) is 1. The first-order valence-electron chi connectivity index (χ1n) is 11.9. The summed E-state index contributed by atoms with van der Waals surface area (Å²) in [6, 6.07) is 17.5. The van der Waals surface area contributed by atoms with Crippen LogP contribution in [0.1, 0.15) is 20.8 Å². The lowest BCUT2D eigenvalue weighted by Gasteiger charge is -2.28. The van der Waals surface area contributed by atoms with Gasteiger partial charge in [0, 0.05) is 53.2 Å². The number of rotatable bonds is 3. The molecule has 172 valence electrons. The van der Waals surface area contributed by atoms with E-state index in [4.69, 9.17) is 9.72 Å². The predicted octanol–water partition coefficient (Wildman–Crippen LogP) is 5.84. The molecule has 0 aliphatic carbocycles. The molecule has 1 aliphatic heterocycles.